The van der Waals surface area contributed by atoms with E-state index in [4.69, 9.17) is 21.9 Å². The summed E-state index contributed by atoms with van der Waals surface area (Å²) in [4.78, 5) is 0. The molecule has 3 rings (SSSR count). The summed E-state index contributed by atoms with van der Waals surface area (Å²) in [7, 11) is 0. The Morgan fingerprint density at radius 1 is 0.950 bits per heavy atom. The second kappa shape index (κ2) is 5.31. The number of nitrogens with zero attached hydrogens (tertiary/aromatic N) is 1. The predicted molar refractivity (Wildman–Crippen MR) is 84.5 cm³/mol. The number of rotatable bonds is 2. The summed E-state index contributed by atoms with van der Waals surface area (Å²) in [6.07, 6.45) is 0. The monoisotopic (exact) mass is 348 g/mol. The summed E-state index contributed by atoms with van der Waals surface area (Å²) >= 11 is 9.32. The predicted octanol–water partition coefficient (Wildman–Crippen LogP) is 5.01. The molecule has 2 N–H and O–H groups in total. The maximum absolute atomic E-state index is 5.94. The molecule has 0 bridgehead atoms. The molecule has 2 aromatic carbocycles. The normalized spacial score (nSPS) is 10.7. The van der Waals surface area contributed by atoms with Gasteiger partial charge in [-0.2, -0.15) is 0 Å². The lowest BCUT2D eigenvalue weighted by Gasteiger charge is -2.03. The lowest BCUT2D eigenvalue weighted by atomic mass is 10.0. The van der Waals surface area contributed by atoms with E-state index in [0.29, 0.717) is 16.6 Å². The lowest BCUT2D eigenvalue weighted by Crippen LogP contribution is -1.88. The highest BCUT2D eigenvalue weighted by molar-refractivity contribution is 9.10. The van der Waals surface area contributed by atoms with Gasteiger partial charge in [-0.3, -0.25) is 0 Å². The molecule has 0 atom stereocenters. The zero-order chi connectivity index (χ0) is 14.1. The summed E-state index contributed by atoms with van der Waals surface area (Å²) in [5.74, 6) is 1.01. The Bertz CT molecular complexity index is 736. The van der Waals surface area contributed by atoms with Crippen molar-refractivity contribution >= 4 is 33.3 Å². The van der Waals surface area contributed by atoms with Gasteiger partial charge in [-0.25, -0.2) is 0 Å². The molecule has 100 valence electrons. The van der Waals surface area contributed by atoms with Crippen LogP contribution >= 0.6 is 27.5 Å². The fourth-order valence-electron chi connectivity index (χ4n) is 2.00. The van der Waals surface area contributed by atoms with Gasteiger partial charge in [0.05, 0.1) is 5.56 Å². The molecule has 5 heteroatoms. The molecule has 3 aromatic rings. The summed E-state index contributed by atoms with van der Waals surface area (Å²) in [5.41, 5.74) is 8.57. The van der Waals surface area contributed by atoms with Crippen molar-refractivity contribution < 1.29 is 4.52 Å². The summed E-state index contributed by atoms with van der Waals surface area (Å²) in [5, 5.41) is 4.54. The van der Waals surface area contributed by atoms with Crippen molar-refractivity contribution in [1.29, 1.82) is 0 Å². The van der Waals surface area contributed by atoms with Gasteiger partial charge in [-0.05, 0) is 42.0 Å². The molecule has 0 aliphatic carbocycles. The molecule has 0 amide bonds. The Balaban J connectivity index is 2.14. The highest BCUT2D eigenvalue weighted by atomic mass is 79.9. The van der Waals surface area contributed by atoms with Crippen molar-refractivity contribution in [1.82, 2.24) is 5.16 Å². The minimum absolute atomic E-state index is 0.372. The maximum atomic E-state index is 5.94. The smallest absolute Gasteiger partial charge is 0.176 e. The van der Waals surface area contributed by atoms with E-state index in [-0.39, 0.29) is 0 Å². The fourth-order valence-corrected chi connectivity index (χ4v) is 2.39. The first-order chi connectivity index (χ1) is 9.65. The largest absolute Gasteiger partial charge is 0.380 e. The van der Waals surface area contributed by atoms with Gasteiger partial charge in [-0.1, -0.05) is 44.8 Å². The minimum atomic E-state index is 0.372. The number of nitrogens with two attached hydrogens (primary N) is 1. The quantitative estimate of drug-likeness (QED) is 0.708. The number of aromatic nitrogens is 1. The van der Waals surface area contributed by atoms with Crippen LogP contribution in [0.5, 0.6) is 0 Å². The van der Waals surface area contributed by atoms with Gasteiger partial charge in [0.1, 0.15) is 0 Å². The molecule has 0 aliphatic heterocycles. The first kappa shape index (κ1) is 13.2. The number of anilines is 1. The number of nitrogen functional groups attached to an aromatic ring is 1. The Labute approximate surface area is 129 Å². The van der Waals surface area contributed by atoms with Crippen molar-refractivity contribution in [2.24, 2.45) is 0 Å². The van der Waals surface area contributed by atoms with Crippen LogP contribution in [0.2, 0.25) is 5.02 Å². The average Bonchev–Trinajstić information content (AvgIpc) is 2.83. The Morgan fingerprint density at radius 2 is 1.55 bits per heavy atom. The molecule has 0 radical (unpaired) electrons. The third-order valence-corrected chi connectivity index (χ3v) is 3.74. The second-order valence-corrected chi connectivity index (χ2v) is 5.64. The van der Waals surface area contributed by atoms with E-state index in [1.54, 1.807) is 12.1 Å². The Hall–Kier alpha value is -1.78. The van der Waals surface area contributed by atoms with E-state index in [1.165, 1.54) is 0 Å². The zero-order valence-corrected chi connectivity index (χ0v) is 12.6. The highest BCUT2D eigenvalue weighted by Gasteiger charge is 2.17. The molecule has 0 fully saturated rings. The van der Waals surface area contributed by atoms with Gasteiger partial charge in [0.15, 0.2) is 11.6 Å². The number of hydrogen-bond acceptors (Lipinski definition) is 3. The number of halogens is 2. The van der Waals surface area contributed by atoms with Crippen molar-refractivity contribution in [3.05, 3.63) is 58.0 Å². The summed E-state index contributed by atoms with van der Waals surface area (Å²) in [6, 6.07) is 15.2. The first-order valence-corrected chi connectivity index (χ1v) is 7.09. The van der Waals surface area contributed by atoms with Crippen molar-refractivity contribution in [2.45, 2.75) is 0 Å². The minimum Gasteiger partial charge on any atom is -0.380 e. The van der Waals surface area contributed by atoms with Crippen LogP contribution in [0.3, 0.4) is 0 Å². The molecule has 0 saturated carbocycles. The van der Waals surface area contributed by atoms with E-state index in [9.17, 15) is 0 Å². The molecule has 3 nitrogen and oxygen atoms in total. The lowest BCUT2D eigenvalue weighted by molar-refractivity contribution is 0.436. The van der Waals surface area contributed by atoms with Crippen molar-refractivity contribution in [3.8, 4) is 22.5 Å². The van der Waals surface area contributed by atoms with E-state index in [1.807, 2.05) is 36.4 Å². The van der Waals surface area contributed by atoms with Crippen LogP contribution in [0.1, 0.15) is 0 Å². The van der Waals surface area contributed by atoms with Crippen LogP contribution < -0.4 is 5.73 Å². The molecule has 1 heterocycles. The van der Waals surface area contributed by atoms with E-state index < -0.39 is 0 Å². The molecule has 1 aromatic heterocycles. The molecular formula is C15H10BrClN2O. The van der Waals surface area contributed by atoms with Crippen LogP contribution in [0.25, 0.3) is 22.5 Å². The SMILES string of the molecule is Nc1noc(-c2ccc(Cl)cc2)c1-c1ccc(Br)cc1. The number of benzene rings is 2. The zero-order valence-electron chi connectivity index (χ0n) is 10.3. The Morgan fingerprint density at radius 3 is 2.20 bits per heavy atom. The topological polar surface area (TPSA) is 52.0 Å². The van der Waals surface area contributed by atoms with Gasteiger partial charge >= 0.3 is 0 Å². The first-order valence-electron chi connectivity index (χ1n) is 5.92. The van der Waals surface area contributed by atoms with Gasteiger partial charge in [0.2, 0.25) is 0 Å². The summed E-state index contributed by atoms with van der Waals surface area (Å²) < 4.78 is 6.38. The number of hydrogen-bond donors (Lipinski definition) is 1. The summed E-state index contributed by atoms with van der Waals surface area (Å²) in [6.45, 7) is 0. The van der Waals surface area contributed by atoms with Gasteiger partial charge in [-0.15, -0.1) is 0 Å². The van der Waals surface area contributed by atoms with Crippen LogP contribution in [0.4, 0.5) is 5.82 Å². The van der Waals surface area contributed by atoms with E-state index in [0.717, 1.165) is 21.2 Å². The molecule has 20 heavy (non-hydrogen) atoms. The maximum Gasteiger partial charge on any atom is 0.176 e. The molecular weight excluding hydrogens is 340 g/mol. The third kappa shape index (κ3) is 2.44. The van der Waals surface area contributed by atoms with E-state index >= 15 is 0 Å². The molecule has 0 saturated heterocycles. The molecule has 0 unspecified atom stereocenters. The Kier molecular flexibility index (Phi) is 3.51. The highest BCUT2D eigenvalue weighted by Crippen LogP contribution is 2.37. The fraction of sp³-hybridized carbons (Fsp3) is 0. The standard InChI is InChI=1S/C15H10BrClN2O/c16-11-5-1-9(2-6-11)13-14(20-19-15(13)18)10-3-7-12(17)8-4-10/h1-8H,(H2,18,19). The third-order valence-electron chi connectivity index (χ3n) is 2.96. The van der Waals surface area contributed by atoms with Crippen LogP contribution in [-0.4, -0.2) is 5.16 Å². The second-order valence-electron chi connectivity index (χ2n) is 4.29. The van der Waals surface area contributed by atoms with Crippen molar-refractivity contribution in [2.75, 3.05) is 5.73 Å². The van der Waals surface area contributed by atoms with Crippen molar-refractivity contribution in [3.63, 3.8) is 0 Å². The molecule has 0 spiro atoms. The van der Waals surface area contributed by atoms with Gasteiger partial charge in [0, 0.05) is 15.1 Å². The van der Waals surface area contributed by atoms with Crippen LogP contribution in [0, 0.1) is 0 Å². The van der Waals surface area contributed by atoms with Crippen LogP contribution in [-0.2, 0) is 0 Å². The van der Waals surface area contributed by atoms with Crippen LogP contribution in [0.15, 0.2) is 57.5 Å². The molecule has 0 aliphatic rings. The average molecular weight is 350 g/mol. The van der Waals surface area contributed by atoms with Gasteiger partial charge < -0.3 is 10.3 Å². The van der Waals surface area contributed by atoms with Gasteiger partial charge in [0.25, 0.3) is 0 Å². The van der Waals surface area contributed by atoms with E-state index in [2.05, 4.69) is 21.1 Å².